The Morgan fingerprint density at radius 1 is 1.00 bits per heavy atom. The largest absolute Gasteiger partial charge is 0.497 e. The van der Waals surface area contributed by atoms with Gasteiger partial charge in [-0.3, -0.25) is 9.59 Å². The van der Waals surface area contributed by atoms with Crippen molar-refractivity contribution in [1.82, 2.24) is 10.2 Å². The van der Waals surface area contributed by atoms with Crippen LogP contribution < -0.4 is 10.1 Å². The van der Waals surface area contributed by atoms with Gasteiger partial charge in [0.2, 0.25) is 11.8 Å². The molecule has 0 saturated heterocycles. The molecule has 0 aliphatic carbocycles. The highest BCUT2D eigenvalue weighted by atomic mass is 16.5. The Kier molecular flexibility index (Phi) is 9.22. The number of nitrogens with one attached hydrogen (secondary N) is 1. The number of hydrogen-bond acceptors (Lipinski definition) is 3. The molecule has 0 saturated carbocycles. The van der Waals surface area contributed by atoms with Crippen molar-refractivity contribution >= 4 is 11.8 Å². The van der Waals surface area contributed by atoms with Gasteiger partial charge in [0, 0.05) is 19.5 Å². The minimum absolute atomic E-state index is 0.0108. The molecule has 1 atom stereocenters. The number of nitrogens with zero attached hydrogens (tertiary/aromatic N) is 1. The van der Waals surface area contributed by atoms with E-state index in [2.05, 4.69) is 12.2 Å². The van der Waals surface area contributed by atoms with Gasteiger partial charge in [0.15, 0.2) is 0 Å². The quantitative estimate of drug-likeness (QED) is 0.609. The lowest BCUT2D eigenvalue weighted by Gasteiger charge is -2.31. The molecule has 2 rings (SSSR count). The van der Waals surface area contributed by atoms with Gasteiger partial charge >= 0.3 is 0 Å². The fraction of sp³-hybridized carbons (Fsp3) is 0.417. The zero-order valence-corrected chi connectivity index (χ0v) is 17.7. The molecule has 1 N–H and O–H groups in total. The number of methoxy groups -OCH3 is 1. The van der Waals surface area contributed by atoms with Crippen LogP contribution in [0.2, 0.25) is 0 Å². The summed E-state index contributed by atoms with van der Waals surface area (Å²) in [6.45, 7) is 5.05. The van der Waals surface area contributed by atoms with Gasteiger partial charge in [-0.2, -0.15) is 0 Å². The second kappa shape index (κ2) is 11.9. The highest BCUT2D eigenvalue weighted by Gasteiger charge is 2.30. The molecule has 0 aliphatic rings. The summed E-state index contributed by atoms with van der Waals surface area (Å²) < 4.78 is 5.25. The van der Waals surface area contributed by atoms with E-state index in [4.69, 9.17) is 4.74 Å². The van der Waals surface area contributed by atoms with E-state index in [0.29, 0.717) is 19.5 Å². The number of carbonyl (C=O) groups excluding carboxylic acids is 2. The molecule has 0 fully saturated rings. The third-order valence-electron chi connectivity index (χ3n) is 4.84. The minimum atomic E-state index is -0.657. The Morgan fingerprint density at radius 3 is 2.28 bits per heavy atom. The monoisotopic (exact) mass is 396 g/mol. The molecular formula is C24H32N2O3. The van der Waals surface area contributed by atoms with Gasteiger partial charge in [-0.15, -0.1) is 0 Å². The zero-order valence-electron chi connectivity index (χ0n) is 17.7. The molecule has 0 radical (unpaired) electrons. The summed E-state index contributed by atoms with van der Waals surface area (Å²) in [5.74, 6) is 0.563. The first-order valence-electron chi connectivity index (χ1n) is 10.4. The average molecular weight is 397 g/mol. The van der Waals surface area contributed by atoms with Gasteiger partial charge in [-0.25, -0.2) is 0 Å². The summed E-state index contributed by atoms with van der Waals surface area (Å²) in [6.07, 6.45) is 3.00. The maximum absolute atomic E-state index is 13.2. The standard InChI is InChI=1S/C24H32N2O3/c1-4-6-17-26(22(27)10-5-2)23(20-13-15-21(29-3)16-14-20)24(28)25-18-19-11-8-7-9-12-19/h7-9,11-16,23H,4-6,10,17-18H2,1-3H3,(H,25,28). The maximum Gasteiger partial charge on any atom is 0.247 e. The highest BCUT2D eigenvalue weighted by molar-refractivity contribution is 5.88. The van der Waals surface area contributed by atoms with Crippen LogP contribution in [0.4, 0.5) is 0 Å². The van der Waals surface area contributed by atoms with Crippen molar-refractivity contribution in [2.75, 3.05) is 13.7 Å². The smallest absolute Gasteiger partial charge is 0.247 e. The lowest BCUT2D eigenvalue weighted by molar-refractivity contribution is -0.141. The number of hydrogen-bond donors (Lipinski definition) is 1. The van der Waals surface area contributed by atoms with Crippen molar-refractivity contribution in [2.45, 2.75) is 52.1 Å². The van der Waals surface area contributed by atoms with E-state index in [1.54, 1.807) is 12.0 Å². The molecule has 156 valence electrons. The van der Waals surface area contributed by atoms with E-state index in [1.807, 2.05) is 61.5 Å². The van der Waals surface area contributed by atoms with E-state index >= 15 is 0 Å². The Hall–Kier alpha value is -2.82. The normalized spacial score (nSPS) is 11.6. The van der Waals surface area contributed by atoms with Crippen LogP contribution in [0.15, 0.2) is 54.6 Å². The fourth-order valence-corrected chi connectivity index (χ4v) is 3.22. The number of amides is 2. The third kappa shape index (κ3) is 6.63. The molecule has 5 nitrogen and oxygen atoms in total. The van der Waals surface area contributed by atoms with Crippen molar-refractivity contribution in [2.24, 2.45) is 0 Å². The van der Waals surface area contributed by atoms with Crippen LogP contribution in [-0.2, 0) is 16.1 Å². The molecule has 2 aromatic carbocycles. The average Bonchev–Trinajstić information content (AvgIpc) is 2.76. The molecule has 0 aliphatic heterocycles. The van der Waals surface area contributed by atoms with E-state index in [-0.39, 0.29) is 11.8 Å². The lowest BCUT2D eigenvalue weighted by Crippen LogP contribution is -2.44. The number of ether oxygens (including phenoxy) is 1. The predicted octanol–water partition coefficient (Wildman–Crippen LogP) is 4.48. The van der Waals surface area contributed by atoms with Gasteiger partial charge in [0.1, 0.15) is 11.8 Å². The van der Waals surface area contributed by atoms with Crippen LogP contribution in [-0.4, -0.2) is 30.4 Å². The zero-order chi connectivity index (χ0) is 21.1. The van der Waals surface area contributed by atoms with Gasteiger partial charge < -0.3 is 15.0 Å². The maximum atomic E-state index is 13.2. The first kappa shape index (κ1) is 22.5. The third-order valence-corrected chi connectivity index (χ3v) is 4.84. The van der Waals surface area contributed by atoms with Crippen LogP contribution in [0.1, 0.15) is 56.7 Å². The predicted molar refractivity (Wildman–Crippen MR) is 116 cm³/mol. The number of rotatable bonds is 11. The SMILES string of the molecule is CCCCN(C(=O)CCC)C(C(=O)NCc1ccccc1)c1ccc(OC)cc1. The number of carbonyl (C=O) groups is 2. The first-order valence-corrected chi connectivity index (χ1v) is 10.4. The van der Waals surface area contributed by atoms with Crippen molar-refractivity contribution in [1.29, 1.82) is 0 Å². The van der Waals surface area contributed by atoms with E-state index < -0.39 is 6.04 Å². The molecule has 0 bridgehead atoms. The molecule has 0 aromatic heterocycles. The van der Waals surface area contributed by atoms with Crippen molar-refractivity contribution < 1.29 is 14.3 Å². The van der Waals surface area contributed by atoms with Gasteiger partial charge in [0.05, 0.1) is 7.11 Å². The number of unbranched alkanes of at least 4 members (excludes halogenated alkanes) is 1. The molecule has 0 spiro atoms. The van der Waals surface area contributed by atoms with Crippen LogP contribution in [0.5, 0.6) is 5.75 Å². The van der Waals surface area contributed by atoms with Crippen molar-refractivity contribution in [3.8, 4) is 5.75 Å². The van der Waals surface area contributed by atoms with Crippen LogP contribution in [0, 0.1) is 0 Å². The molecule has 1 unspecified atom stereocenters. The van der Waals surface area contributed by atoms with Gasteiger partial charge in [-0.1, -0.05) is 62.7 Å². The van der Waals surface area contributed by atoms with Crippen LogP contribution >= 0.6 is 0 Å². The van der Waals surface area contributed by atoms with E-state index in [9.17, 15) is 9.59 Å². The fourth-order valence-electron chi connectivity index (χ4n) is 3.22. The molecule has 29 heavy (non-hydrogen) atoms. The molecule has 2 aromatic rings. The first-order chi connectivity index (χ1) is 14.1. The minimum Gasteiger partial charge on any atom is -0.497 e. The summed E-state index contributed by atoms with van der Waals surface area (Å²) in [6, 6.07) is 16.5. The topological polar surface area (TPSA) is 58.6 Å². The lowest BCUT2D eigenvalue weighted by atomic mass is 10.0. The van der Waals surface area contributed by atoms with Crippen molar-refractivity contribution in [3.05, 3.63) is 65.7 Å². The van der Waals surface area contributed by atoms with Crippen molar-refractivity contribution in [3.63, 3.8) is 0 Å². The second-order valence-corrected chi connectivity index (χ2v) is 7.07. The van der Waals surface area contributed by atoms with E-state index in [0.717, 1.165) is 36.1 Å². The van der Waals surface area contributed by atoms with Gasteiger partial charge in [0.25, 0.3) is 0 Å². The van der Waals surface area contributed by atoms with Crippen LogP contribution in [0.25, 0.3) is 0 Å². The molecular weight excluding hydrogens is 364 g/mol. The highest BCUT2D eigenvalue weighted by Crippen LogP contribution is 2.25. The Morgan fingerprint density at radius 2 is 1.69 bits per heavy atom. The summed E-state index contributed by atoms with van der Waals surface area (Å²) in [5, 5.41) is 3.02. The van der Waals surface area contributed by atoms with Gasteiger partial charge in [-0.05, 0) is 36.1 Å². The summed E-state index contributed by atoms with van der Waals surface area (Å²) in [4.78, 5) is 27.9. The van der Waals surface area contributed by atoms with E-state index in [1.165, 1.54) is 0 Å². The summed E-state index contributed by atoms with van der Waals surface area (Å²) in [5.41, 5.74) is 1.81. The molecule has 2 amide bonds. The summed E-state index contributed by atoms with van der Waals surface area (Å²) in [7, 11) is 1.61. The molecule has 5 heteroatoms. The Bertz CT molecular complexity index is 759. The van der Waals surface area contributed by atoms with Crippen LogP contribution in [0.3, 0.4) is 0 Å². The number of benzene rings is 2. The Balaban J connectivity index is 2.30. The summed E-state index contributed by atoms with van der Waals surface area (Å²) >= 11 is 0. The second-order valence-electron chi connectivity index (χ2n) is 7.07. The Labute approximate surface area is 174 Å². The molecule has 0 heterocycles.